The Morgan fingerprint density at radius 3 is 2.46 bits per heavy atom. The molecule has 2 unspecified atom stereocenters. The third-order valence-corrected chi connectivity index (χ3v) is 5.66. The summed E-state index contributed by atoms with van der Waals surface area (Å²) in [6.07, 6.45) is 1.71. The number of carboxylic acid groups (broad SMARTS) is 1. The molecule has 0 heterocycles. The van der Waals surface area contributed by atoms with E-state index >= 15 is 0 Å². The molecular formula is C19H19NO5S. The number of anilines is 1. The summed E-state index contributed by atoms with van der Waals surface area (Å²) < 4.78 is 23.5. The summed E-state index contributed by atoms with van der Waals surface area (Å²) in [5.74, 6) is -1.56. The second kappa shape index (κ2) is 6.57. The van der Waals surface area contributed by atoms with Crippen LogP contribution in [0.5, 0.6) is 0 Å². The zero-order chi connectivity index (χ0) is 19.1. The summed E-state index contributed by atoms with van der Waals surface area (Å²) in [6.45, 7) is 2.00. The lowest BCUT2D eigenvalue weighted by molar-refractivity contribution is -0.117. The zero-order valence-electron chi connectivity index (χ0n) is 14.4. The number of amides is 1. The molecule has 136 valence electrons. The van der Waals surface area contributed by atoms with Crippen molar-refractivity contribution < 1.29 is 23.1 Å². The van der Waals surface area contributed by atoms with Gasteiger partial charge in [-0.1, -0.05) is 24.3 Å². The number of aryl methyl sites for hydroxylation is 1. The number of sulfone groups is 1. The molecular weight excluding hydrogens is 354 g/mol. The van der Waals surface area contributed by atoms with Crippen molar-refractivity contribution in [2.24, 2.45) is 5.92 Å². The summed E-state index contributed by atoms with van der Waals surface area (Å²) >= 11 is 0. The molecule has 1 aliphatic rings. The van der Waals surface area contributed by atoms with E-state index in [1.807, 2.05) is 31.2 Å². The van der Waals surface area contributed by atoms with E-state index in [2.05, 4.69) is 5.32 Å². The summed E-state index contributed by atoms with van der Waals surface area (Å²) in [5, 5.41) is 11.8. The van der Waals surface area contributed by atoms with Crippen molar-refractivity contribution in [2.75, 3.05) is 11.6 Å². The third kappa shape index (κ3) is 3.77. The predicted octanol–water partition coefficient (Wildman–Crippen LogP) is 2.84. The highest BCUT2D eigenvalue weighted by molar-refractivity contribution is 7.90. The molecule has 0 saturated heterocycles. The van der Waals surface area contributed by atoms with Crippen LogP contribution in [0.1, 0.15) is 33.8 Å². The molecule has 1 fully saturated rings. The smallest absolute Gasteiger partial charge is 0.335 e. The first-order chi connectivity index (χ1) is 12.2. The maximum absolute atomic E-state index is 12.5. The Morgan fingerprint density at radius 1 is 1.15 bits per heavy atom. The lowest BCUT2D eigenvalue weighted by Gasteiger charge is -2.09. The fourth-order valence-electron chi connectivity index (χ4n) is 3.08. The molecule has 1 aliphatic carbocycles. The van der Waals surface area contributed by atoms with E-state index in [0.717, 1.165) is 23.4 Å². The average molecular weight is 373 g/mol. The lowest BCUT2D eigenvalue weighted by atomic mass is 10.0. The van der Waals surface area contributed by atoms with Gasteiger partial charge >= 0.3 is 5.97 Å². The minimum atomic E-state index is -3.60. The Labute approximate surface area is 151 Å². The first-order valence-electron chi connectivity index (χ1n) is 8.11. The van der Waals surface area contributed by atoms with Gasteiger partial charge in [0, 0.05) is 17.9 Å². The first kappa shape index (κ1) is 18.1. The van der Waals surface area contributed by atoms with Crippen molar-refractivity contribution in [1.82, 2.24) is 0 Å². The SMILES string of the molecule is Cc1ccccc1C1CC1C(=O)Nc1cc(C(=O)O)cc(S(C)(=O)=O)c1. The van der Waals surface area contributed by atoms with Crippen LogP contribution in [-0.2, 0) is 14.6 Å². The van der Waals surface area contributed by atoms with Crippen LogP contribution in [0.15, 0.2) is 47.4 Å². The highest BCUT2D eigenvalue weighted by atomic mass is 32.2. The monoisotopic (exact) mass is 373 g/mol. The Morgan fingerprint density at radius 2 is 1.85 bits per heavy atom. The van der Waals surface area contributed by atoms with Crippen molar-refractivity contribution in [2.45, 2.75) is 24.2 Å². The molecule has 0 aliphatic heterocycles. The number of nitrogens with one attached hydrogen (secondary N) is 1. The first-order valence-corrected chi connectivity index (χ1v) is 10.0. The highest BCUT2D eigenvalue weighted by Crippen LogP contribution is 2.49. The van der Waals surface area contributed by atoms with Crippen molar-refractivity contribution >= 4 is 27.4 Å². The Balaban J connectivity index is 1.81. The highest BCUT2D eigenvalue weighted by Gasteiger charge is 2.44. The van der Waals surface area contributed by atoms with E-state index in [4.69, 9.17) is 5.11 Å². The van der Waals surface area contributed by atoms with Crippen LogP contribution in [0.4, 0.5) is 5.69 Å². The fourth-order valence-corrected chi connectivity index (χ4v) is 3.76. The quantitative estimate of drug-likeness (QED) is 0.839. The van der Waals surface area contributed by atoms with Crippen molar-refractivity contribution in [3.8, 4) is 0 Å². The number of benzene rings is 2. The Bertz CT molecular complexity index is 997. The lowest BCUT2D eigenvalue weighted by Crippen LogP contribution is -2.16. The van der Waals surface area contributed by atoms with Crippen LogP contribution in [0.2, 0.25) is 0 Å². The van der Waals surface area contributed by atoms with Gasteiger partial charge in [-0.15, -0.1) is 0 Å². The van der Waals surface area contributed by atoms with Gasteiger partial charge in [-0.3, -0.25) is 4.79 Å². The van der Waals surface area contributed by atoms with Crippen LogP contribution >= 0.6 is 0 Å². The van der Waals surface area contributed by atoms with Crippen LogP contribution in [0.25, 0.3) is 0 Å². The molecule has 26 heavy (non-hydrogen) atoms. The number of carbonyl (C=O) groups is 2. The van der Waals surface area contributed by atoms with Crippen molar-refractivity contribution in [3.05, 3.63) is 59.2 Å². The molecule has 0 bridgehead atoms. The number of carbonyl (C=O) groups excluding carboxylic acids is 1. The minimum Gasteiger partial charge on any atom is -0.478 e. The predicted molar refractivity (Wildman–Crippen MR) is 97.2 cm³/mol. The number of aromatic carboxylic acids is 1. The number of carboxylic acids is 1. The van der Waals surface area contributed by atoms with E-state index in [0.29, 0.717) is 6.42 Å². The molecule has 7 heteroatoms. The second-order valence-corrected chi connectivity index (χ2v) is 8.63. The van der Waals surface area contributed by atoms with Gasteiger partial charge in [0.15, 0.2) is 9.84 Å². The van der Waals surface area contributed by atoms with Gasteiger partial charge in [0.05, 0.1) is 10.5 Å². The number of rotatable bonds is 5. The van der Waals surface area contributed by atoms with Gasteiger partial charge in [0.25, 0.3) is 0 Å². The van der Waals surface area contributed by atoms with Crippen LogP contribution in [-0.4, -0.2) is 31.7 Å². The van der Waals surface area contributed by atoms with E-state index in [1.165, 1.54) is 12.1 Å². The van der Waals surface area contributed by atoms with Crippen LogP contribution < -0.4 is 5.32 Å². The fraction of sp³-hybridized carbons (Fsp3) is 0.263. The average Bonchev–Trinajstić information content (AvgIpc) is 3.34. The van der Waals surface area contributed by atoms with E-state index in [1.54, 1.807) is 0 Å². The molecule has 1 saturated carbocycles. The number of hydrogen-bond acceptors (Lipinski definition) is 4. The van der Waals surface area contributed by atoms with Crippen LogP contribution in [0, 0.1) is 12.8 Å². The second-order valence-electron chi connectivity index (χ2n) is 6.62. The standard InChI is InChI=1S/C19H19NO5S/c1-11-5-3-4-6-15(11)16-10-17(16)18(21)20-13-7-12(19(22)23)8-14(9-13)26(2,24)25/h3-9,16-17H,10H2,1-2H3,(H,20,21)(H,22,23). The van der Waals surface area contributed by atoms with Gasteiger partial charge in [0.2, 0.25) is 5.91 Å². The molecule has 2 N–H and O–H groups in total. The van der Waals surface area contributed by atoms with E-state index in [9.17, 15) is 18.0 Å². The maximum atomic E-state index is 12.5. The zero-order valence-corrected chi connectivity index (χ0v) is 15.2. The van der Waals surface area contributed by atoms with E-state index in [-0.39, 0.29) is 33.9 Å². The Kier molecular flexibility index (Phi) is 4.58. The van der Waals surface area contributed by atoms with Crippen molar-refractivity contribution in [1.29, 1.82) is 0 Å². The molecule has 2 aromatic rings. The van der Waals surface area contributed by atoms with Gasteiger partial charge in [-0.05, 0) is 48.6 Å². The van der Waals surface area contributed by atoms with Gasteiger partial charge in [0.1, 0.15) is 0 Å². The van der Waals surface area contributed by atoms with E-state index < -0.39 is 15.8 Å². The molecule has 2 aromatic carbocycles. The van der Waals surface area contributed by atoms with Gasteiger partial charge < -0.3 is 10.4 Å². The molecule has 3 rings (SSSR count). The van der Waals surface area contributed by atoms with Crippen LogP contribution in [0.3, 0.4) is 0 Å². The molecule has 0 aromatic heterocycles. The topological polar surface area (TPSA) is 101 Å². The number of hydrogen-bond donors (Lipinski definition) is 2. The summed E-state index contributed by atoms with van der Waals surface area (Å²) in [5.41, 5.74) is 2.24. The molecule has 6 nitrogen and oxygen atoms in total. The Hall–Kier alpha value is -2.67. The van der Waals surface area contributed by atoms with Crippen molar-refractivity contribution in [3.63, 3.8) is 0 Å². The third-order valence-electron chi connectivity index (χ3n) is 4.56. The molecule has 0 radical (unpaired) electrons. The summed E-state index contributed by atoms with van der Waals surface area (Å²) in [7, 11) is -3.60. The largest absolute Gasteiger partial charge is 0.478 e. The maximum Gasteiger partial charge on any atom is 0.335 e. The summed E-state index contributed by atoms with van der Waals surface area (Å²) in [4.78, 5) is 23.6. The normalized spacial score (nSPS) is 19.0. The summed E-state index contributed by atoms with van der Waals surface area (Å²) in [6, 6.07) is 11.5. The van der Waals surface area contributed by atoms with Gasteiger partial charge in [-0.2, -0.15) is 0 Å². The van der Waals surface area contributed by atoms with Gasteiger partial charge in [-0.25, -0.2) is 13.2 Å². The molecule has 2 atom stereocenters. The molecule has 1 amide bonds. The molecule has 0 spiro atoms. The minimum absolute atomic E-state index is 0.133.